The molecule has 4 nitrogen and oxygen atoms in total. The summed E-state index contributed by atoms with van der Waals surface area (Å²) in [5.41, 5.74) is 0.895. The third-order valence-electron chi connectivity index (χ3n) is 2.88. The maximum absolute atomic E-state index is 12.4. The molecule has 2 rings (SSSR count). The summed E-state index contributed by atoms with van der Waals surface area (Å²) in [6.07, 6.45) is 1.70. The fraction of sp³-hybridized carbons (Fsp3) is 0.200. The Morgan fingerprint density at radius 2 is 1.90 bits per heavy atom. The molecule has 0 aliphatic heterocycles. The number of benzene rings is 1. The fourth-order valence-corrected chi connectivity index (χ4v) is 2.37. The summed E-state index contributed by atoms with van der Waals surface area (Å²) < 4.78 is 2.24. The SMILES string of the molecule is CN(C)C(=O)c1cc(Br)cn(Cc2ccccc2)c1=O. The first-order valence-corrected chi connectivity index (χ1v) is 6.94. The van der Waals surface area contributed by atoms with Crippen LogP contribution in [0.2, 0.25) is 0 Å². The molecule has 0 aliphatic carbocycles. The van der Waals surface area contributed by atoms with Gasteiger partial charge in [0.2, 0.25) is 0 Å². The van der Waals surface area contributed by atoms with Crippen LogP contribution in [-0.2, 0) is 6.54 Å². The van der Waals surface area contributed by atoms with E-state index in [9.17, 15) is 9.59 Å². The van der Waals surface area contributed by atoms with Gasteiger partial charge in [0.1, 0.15) is 5.56 Å². The van der Waals surface area contributed by atoms with Crippen LogP contribution < -0.4 is 5.56 Å². The molecule has 1 aromatic heterocycles. The molecule has 1 aromatic carbocycles. The molecule has 0 fully saturated rings. The van der Waals surface area contributed by atoms with Gasteiger partial charge in [0.05, 0.1) is 6.54 Å². The quantitative estimate of drug-likeness (QED) is 0.864. The molecule has 1 heterocycles. The fourth-order valence-electron chi connectivity index (χ4n) is 1.89. The Labute approximate surface area is 125 Å². The molecular formula is C15H15BrN2O2. The average molecular weight is 335 g/mol. The first kappa shape index (κ1) is 14.5. The first-order chi connectivity index (χ1) is 9.49. The summed E-state index contributed by atoms with van der Waals surface area (Å²) in [6.45, 7) is 0.437. The van der Waals surface area contributed by atoms with E-state index in [-0.39, 0.29) is 17.0 Å². The van der Waals surface area contributed by atoms with E-state index in [1.54, 1.807) is 26.4 Å². The highest BCUT2D eigenvalue weighted by Crippen LogP contribution is 2.11. The molecule has 0 aliphatic rings. The third-order valence-corrected chi connectivity index (χ3v) is 3.32. The largest absolute Gasteiger partial charge is 0.345 e. The molecular weight excluding hydrogens is 320 g/mol. The Kier molecular flexibility index (Phi) is 4.39. The molecule has 0 N–H and O–H groups in total. The standard InChI is InChI=1S/C15H15BrN2O2/c1-17(2)14(19)13-8-12(16)10-18(15(13)20)9-11-6-4-3-5-7-11/h3-8,10H,9H2,1-2H3. The Bertz CT molecular complexity index is 678. The van der Waals surface area contributed by atoms with Gasteiger partial charge in [-0.3, -0.25) is 9.59 Å². The zero-order valence-electron chi connectivity index (χ0n) is 11.3. The average Bonchev–Trinajstić information content (AvgIpc) is 2.42. The zero-order valence-corrected chi connectivity index (χ0v) is 12.9. The number of halogens is 1. The molecule has 0 spiro atoms. The topological polar surface area (TPSA) is 42.3 Å². The van der Waals surface area contributed by atoms with Crippen molar-refractivity contribution in [2.45, 2.75) is 6.54 Å². The molecule has 0 unspecified atom stereocenters. The molecule has 20 heavy (non-hydrogen) atoms. The number of carbonyl (C=O) groups excluding carboxylic acids is 1. The van der Waals surface area contributed by atoms with E-state index in [0.717, 1.165) is 5.56 Å². The number of amides is 1. The number of hydrogen-bond acceptors (Lipinski definition) is 2. The molecule has 0 bridgehead atoms. The van der Waals surface area contributed by atoms with E-state index >= 15 is 0 Å². The molecule has 0 saturated carbocycles. The second-order valence-electron chi connectivity index (χ2n) is 4.69. The van der Waals surface area contributed by atoms with Gasteiger partial charge in [0.15, 0.2) is 0 Å². The third kappa shape index (κ3) is 3.17. The summed E-state index contributed by atoms with van der Waals surface area (Å²) in [6, 6.07) is 11.2. The second kappa shape index (κ2) is 6.05. The minimum atomic E-state index is -0.293. The monoisotopic (exact) mass is 334 g/mol. The number of hydrogen-bond donors (Lipinski definition) is 0. The Morgan fingerprint density at radius 3 is 2.50 bits per heavy atom. The van der Waals surface area contributed by atoms with E-state index in [1.165, 1.54) is 9.47 Å². The van der Waals surface area contributed by atoms with Crippen molar-refractivity contribution < 1.29 is 4.79 Å². The van der Waals surface area contributed by atoms with Crippen LogP contribution in [-0.4, -0.2) is 29.5 Å². The number of nitrogens with zero attached hydrogens (tertiary/aromatic N) is 2. The van der Waals surface area contributed by atoms with Gasteiger partial charge in [-0.2, -0.15) is 0 Å². The van der Waals surface area contributed by atoms with Crippen molar-refractivity contribution in [1.29, 1.82) is 0 Å². The van der Waals surface area contributed by atoms with Gasteiger partial charge < -0.3 is 9.47 Å². The summed E-state index contributed by atoms with van der Waals surface area (Å²) >= 11 is 3.35. The molecule has 0 radical (unpaired) electrons. The normalized spacial score (nSPS) is 10.3. The van der Waals surface area contributed by atoms with Crippen LogP contribution in [0.3, 0.4) is 0 Å². The van der Waals surface area contributed by atoms with Crippen LogP contribution in [0.4, 0.5) is 0 Å². The lowest BCUT2D eigenvalue weighted by molar-refractivity contribution is 0.0825. The van der Waals surface area contributed by atoms with Gasteiger partial charge >= 0.3 is 0 Å². The summed E-state index contributed by atoms with van der Waals surface area (Å²) in [5.74, 6) is -0.293. The molecule has 0 saturated heterocycles. The minimum absolute atomic E-state index is 0.167. The molecule has 2 aromatic rings. The van der Waals surface area contributed by atoms with Crippen LogP contribution in [0.5, 0.6) is 0 Å². The smallest absolute Gasteiger partial charge is 0.263 e. The van der Waals surface area contributed by atoms with Crippen molar-refractivity contribution in [2.24, 2.45) is 0 Å². The Balaban J connectivity index is 2.45. The zero-order chi connectivity index (χ0) is 14.7. The van der Waals surface area contributed by atoms with Gasteiger partial charge in [-0.15, -0.1) is 0 Å². The summed E-state index contributed by atoms with van der Waals surface area (Å²) in [4.78, 5) is 25.8. The molecule has 1 amide bonds. The Morgan fingerprint density at radius 1 is 1.25 bits per heavy atom. The minimum Gasteiger partial charge on any atom is -0.345 e. The van der Waals surface area contributed by atoms with Crippen LogP contribution in [0.25, 0.3) is 0 Å². The van der Waals surface area contributed by atoms with E-state index in [2.05, 4.69) is 15.9 Å². The number of aromatic nitrogens is 1. The summed E-state index contributed by atoms with van der Waals surface area (Å²) in [5, 5.41) is 0. The van der Waals surface area contributed by atoms with Crippen molar-refractivity contribution in [3.8, 4) is 0 Å². The van der Waals surface area contributed by atoms with Gasteiger partial charge in [-0.1, -0.05) is 30.3 Å². The van der Waals surface area contributed by atoms with Crippen molar-refractivity contribution in [3.63, 3.8) is 0 Å². The second-order valence-corrected chi connectivity index (χ2v) is 5.61. The van der Waals surface area contributed by atoms with Crippen LogP contribution >= 0.6 is 15.9 Å². The highest BCUT2D eigenvalue weighted by atomic mass is 79.9. The molecule has 0 atom stereocenters. The maximum Gasteiger partial charge on any atom is 0.263 e. The van der Waals surface area contributed by atoms with Crippen molar-refractivity contribution in [3.05, 3.63) is 68.5 Å². The number of carbonyl (C=O) groups is 1. The van der Waals surface area contributed by atoms with Crippen molar-refractivity contribution in [1.82, 2.24) is 9.47 Å². The lowest BCUT2D eigenvalue weighted by Crippen LogP contribution is -2.32. The predicted molar refractivity (Wildman–Crippen MR) is 82.0 cm³/mol. The van der Waals surface area contributed by atoms with E-state index in [0.29, 0.717) is 11.0 Å². The predicted octanol–water partition coefficient (Wildman–Crippen LogP) is 2.36. The van der Waals surface area contributed by atoms with E-state index < -0.39 is 0 Å². The Hall–Kier alpha value is -1.88. The van der Waals surface area contributed by atoms with Gasteiger partial charge in [0.25, 0.3) is 11.5 Å². The molecule has 5 heteroatoms. The van der Waals surface area contributed by atoms with E-state index in [1.807, 2.05) is 30.3 Å². The van der Waals surface area contributed by atoms with Crippen LogP contribution in [0.1, 0.15) is 15.9 Å². The number of rotatable bonds is 3. The lowest BCUT2D eigenvalue weighted by atomic mass is 10.2. The number of pyridine rings is 1. The summed E-state index contributed by atoms with van der Waals surface area (Å²) in [7, 11) is 3.26. The lowest BCUT2D eigenvalue weighted by Gasteiger charge is -2.13. The maximum atomic E-state index is 12.4. The highest BCUT2D eigenvalue weighted by Gasteiger charge is 2.15. The van der Waals surface area contributed by atoms with Crippen molar-refractivity contribution in [2.75, 3.05) is 14.1 Å². The van der Waals surface area contributed by atoms with Gasteiger partial charge in [0, 0.05) is 24.8 Å². The van der Waals surface area contributed by atoms with Gasteiger partial charge in [-0.05, 0) is 27.6 Å². The van der Waals surface area contributed by atoms with Crippen LogP contribution in [0.15, 0.2) is 51.9 Å². The first-order valence-electron chi connectivity index (χ1n) is 6.14. The highest BCUT2D eigenvalue weighted by molar-refractivity contribution is 9.10. The van der Waals surface area contributed by atoms with Crippen molar-refractivity contribution >= 4 is 21.8 Å². The molecule has 104 valence electrons. The van der Waals surface area contributed by atoms with Crippen LogP contribution in [0, 0.1) is 0 Å². The van der Waals surface area contributed by atoms with Gasteiger partial charge in [-0.25, -0.2) is 0 Å². The van der Waals surface area contributed by atoms with E-state index in [4.69, 9.17) is 0 Å².